The number of anilines is 3. The van der Waals surface area contributed by atoms with Crippen LogP contribution in [0.2, 0.25) is 0 Å². The fraction of sp³-hybridized carbons (Fsp3) is 0.421. The molecule has 2 atom stereocenters. The van der Waals surface area contributed by atoms with Crippen LogP contribution in [-0.2, 0) is 0 Å². The van der Waals surface area contributed by atoms with E-state index < -0.39 is 12.0 Å². The lowest BCUT2D eigenvalue weighted by Crippen LogP contribution is -2.48. The summed E-state index contributed by atoms with van der Waals surface area (Å²) < 4.78 is 5.39. The second-order valence-corrected chi connectivity index (χ2v) is 6.87. The number of carbonyl (C=O) groups is 2. The summed E-state index contributed by atoms with van der Waals surface area (Å²) in [4.78, 5) is 27.2. The van der Waals surface area contributed by atoms with Crippen LogP contribution in [0.3, 0.4) is 0 Å². The molecule has 0 spiro atoms. The summed E-state index contributed by atoms with van der Waals surface area (Å²) in [7, 11) is 0. The summed E-state index contributed by atoms with van der Waals surface area (Å²) in [5, 5.41) is 25.8. The van der Waals surface area contributed by atoms with Crippen molar-refractivity contribution < 1.29 is 19.4 Å². The summed E-state index contributed by atoms with van der Waals surface area (Å²) >= 11 is 0. The number of nitrogens with two attached hydrogens (primary N) is 1. The number of rotatable bonds is 8. The van der Waals surface area contributed by atoms with Crippen LogP contribution < -0.4 is 26.4 Å². The van der Waals surface area contributed by atoms with E-state index >= 15 is 0 Å². The number of hydrogen-bond acceptors (Lipinski definition) is 8. The Hall–Kier alpha value is -3.63. The number of hydrogen-bond donors (Lipinski definition) is 5. The van der Waals surface area contributed by atoms with Crippen molar-refractivity contribution in [2.24, 2.45) is 5.73 Å². The van der Waals surface area contributed by atoms with Crippen molar-refractivity contribution in [1.29, 1.82) is 0 Å². The van der Waals surface area contributed by atoms with E-state index in [1.165, 1.54) is 0 Å². The third kappa shape index (κ3) is 5.46. The van der Waals surface area contributed by atoms with Gasteiger partial charge in [0.05, 0.1) is 18.3 Å². The van der Waals surface area contributed by atoms with E-state index in [4.69, 9.17) is 15.6 Å². The molecule has 1 fully saturated rings. The lowest BCUT2D eigenvalue weighted by Gasteiger charge is -2.32. The van der Waals surface area contributed by atoms with Gasteiger partial charge in [-0.3, -0.25) is 4.79 Å². The van der Waals surface area contributed by atoms with Crippen LogP contribution in [0, 0.1) is 0 Å². The quantitative estimate of drug-likeness (QED) is 0.434. The van der Waals surface area contributed by atoms with E-state index in [1.54, 1.807) is 24.3 Å². The van der Waals surface area contributed by atoms with Gasteiger partial charge >= 0.3 is 6.09 Å². The monoisotopic (exact) mass is 415 g/mol. The fourth-order valence-electron chi connectivity index (χ4n) is 3.42. The smallest absolute Gasteiger partial charge is 0.404 e. The summed E-state index contributed by atoms with van der Waals surface area (Å²) in [5.74, 6) is 0.548. The van der Waals surface area contributed by atoms with Gasteiger partial charge in [-0.15, -0.1) is 10.2 Å². The highest BCUT2D eigenvalue weighted by Gasteiger charge is 2.27. The zero-order valence-electron chi connectivity index (χ0n) is 16.6. The van der Waals surface area contributed by atoms with Crippen molar-refractivity contribution in [2.75, 3.05) is 17.2 Å². The van der Waals surface area contributed by atoms with Crippen LogP contribution in [0.1, 0.15) is 43.1 Å². The Bertz CT molecular complexity index is 908. The van der Waals surface area contributed by atoms with Crippen molar-refractivity contribution in [2.45, 2.75) is 44.7 Å². The molecule has 2 aromatic heterocycles. The van der Waals surface area contributed by atoms with E-state index in [1.807, 2.05) is 6.92 Å². The number of nitrogens with one attached hydrogen (secondary N) is 3. The van der Waals surface area contributed by atoms with Gasteiger partial charge in [0.2, 0.25) is 5.88 Å². The molecule has 11 nitrogen and oxygen atoms in total. The van der Waals surface area contributed by atoms with Gasteiger partial charge in [0.1, 0.15) is 5.82 Å². The highest BCUT2D eigenvalue weighted by atomic mass is 16.5. The summed E-state index contributed by atoms with van der Waals surface area (Å²) in [6.07, 6.45) is 2.37. The summed E-state index contributed by atoms with van der Waals surface area (Å²) in [5.41, 5.74) is 5.73. The Morgan fingerprint density at radius 3 is 2.67 bits per heavy atom. The van der Waals surface area contributed by atoms with Gasteiger partial charge in [-0.05, 0) is 25.8 Å². The van der Waals surface area contributed by atoms with Gasteiger partial charge in [-0.2, -0.15) is 4.98 Å². The SMILES string of the molecule is CCOc1cccc(Nc2cc(N[C@@H]3CCCC[C@@H]3NC(=O)O)nnc2C(N)=O)n1. The van der Waals surface area contributed by atoms with Crippen LogP contribution in [-0.4, -0.2) is 51.0 Å². The highest BCUT2D eigenvalue weighted by Crippen LogP contribution is 2.25. The maximum Gasteiger partial charge on any atom is 0.404 e. The molecule has 0 radical (unpaired) electrons. The first kappa shape index (κ1) is 21.1. The zero-order valence-corrected chi connectivity index (χ0v) is 16.6. The van der Waals surface area contributed by atoms with E-state index in [2.05, 4.69) is 31.1 Å². The highest BCUT2D eigenvalue weighted by molar-refractivity contribution is 5.97. The molecule has 2 amide bonds. The third-order valence-corrected chi connectivity index (χ3v) is 4.71. The average Bonchev–Trinajstić information content (AvgIpc) is 2.70. The van der Waals surface area contributed by atoms with Crippen molar-refractivity contribution in [3.63, 3.8) is 0 Å². The number of amides is 2. The largest absolute Gasteiger partial charge is 0.478 e. The zero-order chi connectivity index (χ0) is 21.5. The van der Waals surface area contributed by atoms with E-state index in [9.17, 15) is 9.59 Å². The molecule has 11 heteroatoms. The molecule has 2 aromatic rings. The first-order valence-corrected chi connectivity index (χ1v) is 9.76. The van der Waals surface area contributed by atoms with Gasteiger partial charge in [0.25, 0.3) is 5.91 Å². The number of carbonyl (C=O) groups excluding carboxylic acids is 1. The van der Waals surface area contributed by atoms with E-state index in [0.29, 0.717) is 29.8 Å². The number of carboxylic acid groups (broad SMARTS) is 1. The fourth-order valence-corrected chi connectivity index (χ4v) is 3.42. The van der Waals surface area contributed by atoms with E-state index in [0.717, 1.165) is 25.7 Å². The standard InChI is InChI=1S/C19H25N7O4/c1-2-30-16-9-5-8-14(24-16)22-13-10-15(25-26-17(13)18(20)27)21-11-6-3-4-7-12(11)23-19(28)29/h5,8-12,23H,2-4,6-7H2,1H3,(H2,20,27)(H,28,29)(H2,21,22,24,25)/t11-,12+/m1/s1. The molecule has 0 aromatic carbocycles. The molecule has 1 aliphatic rings. The minimum atomic E-state index is -1.06. The second kappa shape index (κ2) is 9.72. The maximum atomic E-state index is 11.8. The second-order valence-electron chi connectivity index (χ2n) is 6.87. The lowest BCUT2D eigenvalue weighted by molar-refractivity contribution is 0.0995. The van der Waals surface area contributed by atoms with Crippen molar-refractivity contribution in [1.82, 2.24) is 20.5 Å². The Kier molecular flexibility index (Phi) is 6.83. The van der Waals surface area contributed by atoms with Gasteiger partial charge in [0.15, 0.2) is 11.5 Å². The Balaban J connectivity index is 1.82. The average molecular weight is 415 g/mol. The summed E-state index contributed by atoms with van der Waals surface area (Å²) in [6, 6.07) is 6.43. The minimum Gasteiger partial charge on any atom is -0.478 e. The Morgan fingerprint density at radius 2 is 1.97 bits per heavy atom. The number of primary amides is 1. The number of nitrogens with zero attached hydrogens (tertiary/aromatic N) is 3. The van der Waals surface area contributed by atoms with Crippen LogP contribution in [0.25, 0.3) is 0 Å². The molecule has 1 saturated carbocycles. The molecular weight excluding hydrogens is 390 g/mol. The van der Waals surface area contributed by atoms with Gasteiger partial charge in [-0.25, -0.2) is 4.79 Å². The lowest BCUT2D eigenvalue weighted by atomic mass is 9.90. The Labute approximate surface area is 173 Å². The topological polar surface area (TPSA) is 164 Å². The molecule has 160 valence electrons. The van der Waals surface area contributed by atoms with Crippen molar-refractivity contribution in [3.05, 3.63) is 30.0 Å². The van der Waals surface area contributed by atoms with Gasteiger partial charge in [0, 0.05) is 18.2 Å². The molecule has 30 heavy (non-hydrogen) atoms. The predicted molar refractivity (Wildman–Crippen MR) is 110 cm³/mol. The summed E-state index contributed by atoms with van der Waals surface area (Å²) in [6.45, 7) is 2.33. The Morgan fingerprint density at radius 1 is 1.20 bits per heavy atom. The third-order valence-electron chi connectivity index (χ3n) is 4.71. The molecule has 0 saturated heterocycles. The van der Waals surface area contributed by atoms with Gasteiger partial charge in [-0.1, -0.05) is 18.9 Å². The molecular formula is C19H25N7O4. The number of ether oxygens (including phenoxy) is 1. The minimum absolute atomic E-state index is 0.0342. The van der Waals surface area contributed by atoms with E-state index in [-0.39, 0.29) is 17.8 Å². The predicted octanol–water partition coefficient (Wildman–Crippen LogP) is 2.10. The molecule has 1 aliphatic carbocycles. The number of pyridine rings is 1. The molecule has 3 rings (SSSR count). The molecule has 0 unspecified atom stereocenters. The first-order chi connectivity index (χ1) is 14.5. The van der Waals surface area contributed by atoms with Crippen LogP contribution in [0.4, 0.5) is 22.1 Å². The first-order valence-electron chi connectivity index (χ1n) is 9.76. The molecule has 0 aliphatic heterocycles. The van der Waals surface area contributed by atoms with Crippen LogP contribution in [0.5, 0.6) is 5.88 Å². The van der Waals surface area contributed by atoms with Crippen LogP contribution in [0.15, 0.2) is 24.3 Å². The number of aromatic nitrogens is 3. The maximum absolute atomic E-state index is 11.8. The van der Waals surface area contributed by atoms with Crippen molar-refractivity contribution in [3.8, 4) is 5.88 Å². The molecule has 2 heterocycles. The normalized spacial score (nSPS) is 18.3. The van der Waals surface area contributed by atoms with Gasteiger partial charge < -0.3 is 31.5 Å². The van der Waals surface area contributed by atoms with Crippen LogP contribution >= 0.6 is 0 Å². The molecule has 0 bridgehead atoms. The van der Waals surface area contributed by atoms with Crippen molar-refractivity contribution >= 4 is 29.3 Å². The molecule has 6 N–H and O–H groups in total.